The molecule has 31 heavy (non-hydrogen) atoms. The first kappa shape index (κ1) is 22.7. The summed E-state index contributed by atoms with van der Waals surface area (Å²) in [7, 11) is -2.16. The molecule has 0 aromatic heterocycles. The van der Waals surface area contributed by atoms with Crippen molar-refractivity contribution >= 4 is 21.6 Å². The van der Waals surface area contributed by atoms with E-state index in [1.54, 1.807) is 19.1 Å². The second-order valence-corrected chi connectivity index (χ2v) is 8.96. The molecule has 6 nitrogen and oxygen atoms in total. The molecule has 0 spiro atoms. The van der Waals surface area contributed by atoms with Crippen molar-refractivity contribution in [2.75, 3.05) is 19.0 Å². The number of anilines is 1. The molecule has 3 aromatic carbocycles. The monoisotopic (exact) mass is 438 g/mol. The zero-order valence-corrected chi connectivity index (χ0v) is 18.3. The summed E-state index contributed by atoms with van der Waals surface area (Å²) in [4.78, 5) is 13.3. The molecule has 3 aromatic rings. The Bertz CT molecular complexity index is 1050. The molecule has 0 fully saturated rings. The number of rotatable bonds is 9. The number of methoxy groups -OCH3 is 1. The standard InChI is InChI=1S/C24H26N2O4S/c1-18(17-30-2)26-31(28,29)22-15-13-21(14-16-22)25-24(27)23(19-9-5-3-6-10-19)20-11-7-4-8-12-20/h3-16,18,23,26H,17H2,1-2H3,(H,25,27). The van der Waals surface area contributed by atoms with Gasteiger partial charge < -0.3 is 10.1 Å². The Morgan fingerprint density at radius 2 is 1.39 bits per heavy atom. The minimum Gasteiger partial charge on any atom is -0.383 e. The van der Waals surface area contributed by atoms with Crippen molar-refractivity contribution in [3.05, 3.63) is 96.1 Å². The Hall–Kier alpha value is -3.00. The number of nitrogens with one attached hydrogen (secondary N) is 2. The molecule has 162 valence electrons. The van der Waals surface area contributed by atoms with Gasteiger partial charge in [0.1, 0.15) is 0 Å². The normalized spacial score (nSPS) is 12.5. The first-order chi connectivity index (χ1) is 14.9. The first-order valence-corrected chi connectivity index (χ1v) is 11.4. The van der Waals surface area contributed by atoms with Gasteiger partial charge in [-0.15, -0.1) is 0 Å². The summed E-state index contributed by atoms with van der Waals surface area (Å²) in [6, 6.07) is 24.8. The second-order valence-electron chi connectivity index (χ2n) is 7.25. The summed E-state index contributed by atoms with van der Waals surface area (Å²) >= 11 is 0. The van der Waals surface area contributed by atoms with Crippen molar-refractivity contribution in [2.24, 2.45) is 0 Å². The Morgan fingerprint density at radius 3 is 1.87 bits per heavy atom. The van der Waals surface area contributed by atoms with Gasteiger partial charge in [-0.3, -0.25) is 4.79 Å². The summed E-state index contributed by atoms with van der Waals surface area (Å²) < 4.78 is 32.5. The van der Waals surface area contributed by atoms with Crippen LogP contribution in [0.3, 0.4) is 0 Å². The van der Waals surface area contributed by atoms with Gasteiger partial charge in [-0.25, -0.2) is 13.1 Å². The number of carbonyl (C=O) groups is 1. The Morgan fingerprint density at radius 1 is 0.871 bits per heavy atom. The van der Waals surface area contributed by atoms with Crippen LogP contribution < -0.4 is 10.0 Å². The third kappa shape index (κ3) is 6.01. The predicted molar refractivity (Wildman–Crippen MR) is 121 cm³/mol. The fraction of sp³-hybridized carbons (Fsp3) is 0.208. The third-order valence-corrected chi connectivity index (χ3v) is 6.34. The lowest BCUT2D eigenvalue weighted by atomic mass is 9.90. The maximum Gasteiger partial charge on any atom is 0.240 e. The summed E-state index contributed by atoms with van der Waals surface area (Å²) in [6.07, 6.45) is 0. The van der Waals surface area contributed by atoms with E-state index in [-0.39, 0.29) is 23.5 Å². The fourth-order valence-electron chi connectivity index (χ4n) is 3.33. The van der Waals surface area contributed by atoms with E-state index in [9.17, 15) is 13.2 Å². The largest absolute Gasteiger partial charge is 0.383 e. The van der Waals surface area contributed by atoms with E-state index in [0.29, 0.717) is 5.69 Å². The number of sulfonamides is 1. The van der Waals surface area contributed by atoms with Gasteiger partial charge in [0, 0.05) is 18.8 Å². The second kappa shape index (κ2) is 10.3. The van der Waals surface area contributed by atoms with Crippen LogP contribution in [0.15, 0.2) is 89.8 Å². The highest BCUT2D eigenvalue weighted by atomic mass is 32.2. The molecule has 0 heterocycles. The molecule has 0 saturated heterocycles. The van der Waals surface area contributed by atoms with Crippen LogP contribution in [0.1, 0.15) is 24.0 Å². The van der Waals surface area contributed by atoms with Crippen LogP contribution in [0.5, 0.6) is 0 Å². The Labute approximate surface area is 183 Å². The maximum atomic E-state index is 13.2. The molecule has 1 atom stereocenters. The minimum absolute atomic E-state index is 0.121. The number of ether oxygens (including phenoxy) is 1. The van der Waals surface area contributed by atoms with Crippen LogP contribution in [0, 0.1) is 0 Å². The summed E-state index contributed by atoms with van der Waals surface area (Å²) in [6.45, 7) is 2.00. The zero-order valence-electron chi connectivity index (χ0n) is 17.5. The van der Waals surface area contributed by atoms with Crippen LogP contribution in [-0.4, -0.2) is 34.1 Å². The number of hydrogen-bond acceptors (Lipinski definition) is 4. The quantitative estimate of drug-likeness (QED) is 0.533. The molecule has 1 unspecified atom stereocenters. The van der Waals surface area contributed by atoms with Gasteiger partial charge in [0.15, 0.2) is 0 Å². The lowest BCUT2D eigenvalue weighted by Crippen LogP contribution is -2.35. The first-order valence-electron chi connectivity index (χ1n) is 9.93. The van der Waals surface area contributed by atoms with Crippen molar-refractivity contribution in [3.63, 3.8) is 0 Å². The summed E-state index contributed by atoms with van der Waals surface area (Å²) in [5.74, 6) is -0.679. The average Bonchev–Trinajstić information content (AvgIpc) is 2.75. The van der Waals surface area contributed by atoms with E-state index in [2.05, 4.69) is 10.0 Å². The minimum atomic E-state index is -3.67. The molecule has 0 aliphatic heterocycles. The van der Waals surface area contributed by atoms with E-state index >= 15 is 0 Å². The van der Waals surface area contributed by atoms with Crippen molar-refractivity contribution in [1.82, 2.24) is 4.72 Å². The van der Waals surface area contributed by atoms with Gasteiger partial charge >= 0.3 is 0 Å². The molecule has 3 rings (SSSR count). The topological polar surface area (TPSA) is 84.5 Å². The van der Waals surface area contributed by atoms with Crippen LogP contribution in [0.2, 0.25) is 0 Å². The lowest BCUT2D eigenvalue weighted by molar-refractivity contribution is -0.116. The highest BCUT2D eigenvalue weighted by Crippen LogP contribution is 2.26. The van der Waals surface area contributed by atoms with Crippen LogP contribution in [0.25, 0.3) is 0 Å². The number of hydrogen-bond donors (Lipinski definition) is 2. The molecule has 2 N–H and O–H groups in total. The van der Waals surface area contributed by atoms with E-state index in [4.69, 9.17) is 4.74 Å². The van der Waals surface area contributed by atoms with Crippen LogP contribution in [-0.2, 0) is 19.6 Å². The Kier molecular flexibility index (Phi) is 7.57. The molecule has 1 amide bonds. The molecular weight excluding hydrogens is 412 g/mol. The molecule has 0 aliphatic carbocycles. The lowest BCUT2D eigenvalue weighted by Gasteiger charge is -2.18. The maximum absolute atomic E-state index is 13.2. The van der Waals surface area contributed by atoms with Gasteiger partial charge in [-0.1, -0.05) is 60.7 Å². The predicted octanol–water partition coefficient (Wildman–Crippen LogP) is 3.77. The van der Waals surface area contributed by atoms with Crippen molar-refractivity contribution < 1.29 is 17.9 Å². The van der Waals surface area contributed by atoms with Crippen molar-refractivity contribution in [1.29, 1.82) is 0 Å². The fourth-order valence-corrected chi connectivity index (χ4v) is 4.56. The van der Waals surface area contributed by atoms with Gasteiger partial charge in [0.25, 0.3) is 0 Å². The van der Waals surface area contributed by atoms with Gasteiger partial charge in [-0.05, 0) is 42.3 Å². The Balaban J connectivity index is 1.79. The highest BCUT2D eigenvalue weighted by molar-refractivity contribution is 7.89. The van der Waals surface area contributed by atoms with E-state index in [1.165, 1.54) is 19.2 Å². The third-order valence-electron chi connectivity index (χ3n) is 4.73. The zero-order chi connectivity index (χ0) is 22.3. The van der Waals surface area contributed by atoms with Crippen LogP contribution in [0.4, 0.5) is 5.69 Å². The summed E-state index contributed by atoms with van der Waals surface area (Å²) in [5.41, 5.74) is 2.27. The molecule has 7 heteroatoms. The number of benzene rings is 3. The average molecular weight is 439 g/mol. The van der Waals surface area contributed by atoms with E-state index in [1.807, 2.05) is 60.7 Å². The van der Waals surface area contributed by atoms with Gasteiger partial charge in [0.2, 0.25) is 15.9 Å². The summed E-state index contributed by atoms with van der Waals surface area (Å²) in [5, 5.41) is 2.90. The van der Waals surface area contributed by atoms with E-state index < -0.39 is 15.9 Å². The number of carbonyl (C=O) groups excluding carboxylic acids is 1. The molecule has 0 saturated carbocycles. The SMILES string of the molecule is COCC(C)NS(=O)(=O)c1ccc(NC(=O)C(c2ccccc2)c2ccccc2)cc1. The molecule has 0 radical (unpaired) electrons. The van der Waals surface area contributed by atoms with Gasteiger partial charge in [-0.2, -0.15) is 0 Å². The smallest absolute Gasteiger partial charge is 0.240 e. The highest BCUT2D eigenvalue weighted by Gasteiger charge is 2.23. The number of amides is 1. The van der Waals surface area contributed by atoms with E-state index in [0.717, 1.165) is 11.1 Å². The van der Waals surface area contributed by atoms with Crippen molar-refractivity contribution in [3.8, 4) is 0 Å². The molecule has 0 bridgehead atoms. The van der Waals surface area contributed by atoms with Crippen LogP contribution >= 0.6 is 0 Å². The van der Waals surface area contributed by atoms with Gasteiger partial charge in [0.05, 0.1) is 17.4 Å². The van der Waals surface area contributed by atoms with Crippen molar-refractivity contribution in [2.45, 2.75) is 23.8 Å². The molecular formula is C24H26N2O4S. The molecule has 0 aliphatic rings.